The maximum absolute atomic E-state index is 13.5. The highest BCUT2D eigenvalue weighted by molar-refractivity contribution is 6.03. The van der Waals surface area contributed by atoms with Crippen molar-refractivity contribution in [3.05, 3.63) is 108 Å². The van der Waals surface area contributed by atoms with E-state index in [0.717, 1.165) is 12.1 Å². The Kier molecular flexibility index (Phi) is 5.21. The zero-order valence-electron chi connectivity index (χ0n) is 16.5. The van der Waals surface area contributed by atoms with Crippen molar-refractivity contribution in [3.63, 3.8) is 0 Å². The summed E-state index contributed by atoms with van der Waals surface area (Å²) in [7, 11) is 2.12. The molecule has 1 aliphatic rings. The average Bonchev–Trinajstić information content (AvgIpc) is 2.75. The standard InChI is InChI=1S/C26H26NO/c1-19-24(20-12-6-3-7-13-20)23(26(28)22-16-10-5-11-17-22)18-27(2)25(19)21-14-8-4-9-15-21/h3-17,19,23-24H,18H2,1-2H3/q+1/t19-,23-,24+/m1/s1. The van der Waals surface area contributed by atoms with Crippen LogP contribution in [0.3, 0.4) is 0 Å². The number of rotatable bonds is 4. The number of hydrogen-bond acceptors (Lipinski definition) is 1. The summed E-state index contributed by atoms with van der Waals surface area (Å²) in [5, 5.41) is 0. The Morgan fingerprint density at radius 1 is 0.821 bits per heavy atom. The lowest BCUT2D eigenvalue weighted by Gasteiger charge is -2.34. The van der Waals surface area contributed by atoms with Gasteiger partial charge in [0, 0.05) is 23.0 Å². The second-order valence-electron chi connectivity index (χ2n) is 7.69. The van der Waals surface area contributed by atoms with Gasteiger partial charge in [-0.3, -0.25) is 4.79 Å². The van der Waals surface area contributed by atoms with Gasteiger partial charge in [0.15, 0.2) is 18.0 Å². The maximum atomic E-state index is 13.5. The third kappa shape index (κ3) is 3.43. The topological polar surface area (TPSA) is 20.1 Å². The fraction of sp³-hybridized carbons (Fsp3) is 0.231. The van der Waals surface area contributed by atoms with Crippen LogP contribution in [0.25, 0.3) is 0 Å². The summed E-state index contributed by atoms with van der Waals surface area (Å²) in [5.41, 5.74) is 4.60. The minimum Gasteiger partial charge on any atom is -0.294 e. The van der Waals surface area contributed by atoms with Gasteiger partial charge in [-0.15, -0.1) is 0 Å². The van der Waals surface area contributed by atoms with E-state index in [4.69, 9.17) is 0 Å². The molecule has 0 amide bonds. The number of ketones is 1. The van der Waals surface area contributed by atoms with Crippen molar-refractivity contribution in [2.45, 2.75) is 12.8 Å². The van der Waals surface area contributed by atoms with Crippen LogP contribution in [0.4, 0.5) is 0 Å². The summed E-state index contributed by atoms with van der Waals surface area (Å²) in [6, 6.07) is 30.8. The number of nitrogens with zero attached hydrogens (tertiary/aromatic N) is 1. The van der Waals surface area contributed by atoms with Gasteiger partial charge in [0.2, 0.25) is 0 Å². The zero-order chi connectivity index (χ0) is 19.5. The second-order valence-corrected chi connectivity index (χ2v) is 7.69. The highest BCUT2D eigenvalue weighted by Crippen LogP contribution is 2.39. The second kappa shape index (κ2) is 7.93. The molecule has 4 rings (SSSR count). The van der Waals surface area contributed by atoms with Crippen molar-refractivity contribution in [1.82, 2.24) is 0 Å². The molecule has 0 unspecified atom stereocenters. The molecular formula is C26H26NO+. The lowest BCUT2D eigenvalue weighted by Crippen LogP contribution is -2.44. The van der Waals surface area contributed by atoms with Crippen LogP contribution in [0.15, 0.2) is 91.0 Å². The number of hydrogen-bond donors (Lipinski definition) is 0. The summed E-state index contributed by atoms with van der Waals surface area (Å²) in [5.74, 6) is 0.555. The molecule has 2 nitrogen and oxygen atoms in total. The monoisotopic (exact) mass is 368 g/mol. The summed E-state index contributed by atoms with van der Waals surface area (Å²) in [6.45, 7) is 2.99. The Balaban J connectivity index is 1.81. The lowest BCUT2D eigenvalue weighted by molar-refractivity contribution is -0.510. The molecule has 0 aliphatic carbocycles. The highest BCUT2D eigenvalue weighted by atomic mass is 16.1. The zero-order valence-corrected chi connectivity index (χ0v) is 16.5. The van der Waals surface area contributed by atoms with E-state index in [1.54, 1.807) is 0 Å². The molecule has 3 atom stereocenters. The van der Waals surface area contributed by atoms with Crippen LogP contribution in [0, 0.1) is 11.8 Å². The molecule has 0 fully saturated rings. The summed E-state index contributed by atoms with van der Waals surface area (Å²) in [6.07, 6.45) is 0. The highest BCUT2D eigenvalue weighted by Gasteiger charge is 2.44. The van der Waals surface area contributed by atoms with E-state index in [1.807, 2.05) is 42.5 Å². The van der Waals surface area contributed by atoms with Crippen molar-refractivity contribution in [2.24, 2.45) is 11.8 Å². The molecule has 3 aromatic rings. The molecule has 0 radical (unpaired) electrons. The first-order valence-corrected chi connectivity index (χ1v) is 9.94. The van der Waals surface area contributed by atoms with Crippen LogP contribution in [-0.4, -0.2) is 29.7 Å². The first kappa shape index (κ1) is 18.4. The Hall–Kier alpha value is -3.00. The van der Waals surface area contributed by atoms with Crippen LogP contribution in [0.2, 0.25) is 0 Å². The maximum Gasteiger partial charge on any atom is 0.186 e. The molecule has 140 valence electrons. The van der Waals surface area contributed by atoms with Gasteiger partial charge in [-0.25, -0.2) is 4.58 Å². The van der Waals surface area contributed by atoms with Gasteiger partial charge in [-0.2, -0.15) is 0 Å². The summed E-state index contributed by atoms with van der Waals surface area (Å²) < 4.78 is 2.28. The quantitative estimate of drug-likeness (QED) is 0.466. The van der Waals surface area contributed by atoms with E-state index in [0.29, 0.717) is 0 Å². The predicted octanol–water partition coefficient (Wildman–Crippen LogP) is 5.05. The Morgan fingerprint density at radius 3 is 1.96 bits per heavy atom. The fourth-order valence-corrected chi connectivity index (χ4v) is 4.72. The van der Waals surface area contributed by atoms with Gasteiger partial charge < -0.3 is 0 Å². The number of carbonyl (C=O) groups excluding carboxylic acids is 1. The summed E-state index contributed by atoms with van der Waals surface area (Å²) in [4.78, 5) is 13.5. The van der Waals surface area contributed by atoms with Crippen molar-refractivity contribution in [3.8, 4) is 0 Å². The van der Waals surface area contributed by atoms with Gasteiger partial charge in [0.25, 0.3) is 0 Å². The van der Waals surface area contributed by atoms with Crippen molar-refractivity contribution >= 4 is 11.5 Å². The molecule has 0 N–H and O–H groups in total. The molecule has 0 saturated heterocycles. The van der Waals surface area contributed by atoms with E-state index in [9.17, 15) is 4.79 Å². The normalized spacial score (nSPS) is 22.1. The molecule has 0 saturated carbocycles. The SMILES string of the molecule is C[C@H]1C(c2ccccc2)=[N+](C)C[C@@H](C(=O)c2ccccc2)[C@@H]1c1ccccc1. The number of benzene rings is 3. The van der Waals surface area contributed by atoms with Gasteiger partial charge in [-0.05, 0) is 17.7 Å². The van der Waals surface area contributed by atoms with E-state index in [2.05, 4.69) is 67.1 Å². The Bertz CT molecular complexity index is 977. The molecule has 2 heteroatoms. The Labute approximate surface area is 167 Å². The van der Waals surface area contributed by atoms with Crippen LogP contribution >= 0.6 is 0 Å². The average molecular weight is 368 g/mol. The van der Waals surface area contributed by atoms with Gasteiger partial charge in [-0.1, -0.05) is 85.8 Å². The Morgan fingerprint density at radius 2 is 1.36 bits per heavy atom. The van der Waals surface area contributed by atoms with E-state index in [1.165, 1.54) is 16.8 Å². The molecule has 0 aromatic heterocycles. The van der Waals surface area contributed by atoms with Gasteiger partial charge >= 0.3 is 0 Å². The van der Waals surface area contributed by atoms with Gasteiger partial charge in [0.05, 0.1) is 5.92 Å². The lowest BCUT2D eigenvalue weighted by atomic mass is 9.69. The van der Waals surface area contributed by atoms with Crippen LogP contribution in [0.1, 0.15) is 34.3 Å². The third-order valence-corrected chi connectivity index (χ3v) is 5.93. The van der Waals surface area contributed by atoms with Crippen molar-refractivity contribution in [2.75, 3.05) is 13.6 Å². The van der Waals surface area contributed by atoms with Crippen molar-refractivity contribution < 1.29 is 9.37 Å². The molecular weight excluding hydrogens is 342 g/mol. The molecule has 0 spiro atoms. The molecule has 0 bridgehead atoms. The molecule has 28 heavy (non-hydrogen) atoms. The largest absolute Gasteiger partial charge is 0.294 e. The predicted molar refractivity (Wildman–Crippen MR) is 114 cm³/mol. The molecule has 1 heterocycles. The van der Waals surface area contributed by atoms with E-state index >= 15 is 0 Å². The molecule has 3 aromatic carbocycles. The number of carbonyl (C=O) groups is 1. The first-order valence-electron chi connectivity index (χ1n) is 9.94. The number of Topliss-reactive ketones (excluding diaryl/α,β-unsaturated/α-hetero) is 1. The minimum absolute atomic E-state index is 0.0720. The third-order valence-electron chi connectivity index (χ3n) is 5.93. The minimum atomic E-state index is -0.0720. The van der Waals surface area contributed by atoms with Crippen LogP contribution in [-0.2, 0) is 0 Å². The van der Waals surface area contributed by atoms with Gasteiger partial charge in [0.1, 0.15) is 7.05 Å². The fourth-order valence-electron chi connectivity index (χ4n) is 4.72. The first-order chi connectivity index (χ1) is 13.7. The van der Waals surface area contributed by atoms with Crippen molar-refractivity contribution in [1.29, 1.82) is 0 Å². The van der Waals surface area contributed by atoms with Crippen LogP contribution < -0.4 is 0 Å². The van der Waals surface area contributed by atoms with E-state index < -0.39 is 0 Å². The van der Waals surface area contributed by atoms with Crippen LogP contribution in [0.5, 0.6) is 0 Å². The molecule has 1 aliphatic heterocycles. The smallest absolute Gasteiger partial charge is 0.186 e. The van der Waals surface area contributed by atoms with E-state index in [-0.39, 0.29) is 23.5 Å². The summed E-state index contributed by atoms with van der Waals surface area (Å²) >= 11 is 0.